The molecule has 1 aromatic carbocycles. The summed E-state index contributed by atoms with van der Waals surface area (Å²) in [7, 11) is 0. The molecule has 0 bridgehead atoms. The zero-order chi connectivity index (χ0) is 13.1. The minimum absolute atomic E-state index is 0.373. The van der Waals surface area contributed by atoms with Crippen LogP contribution in [-0.4, -0.2) is 26.2 Å². The first kappa shape index (κ1) is 13.5. The first-order valence-electron chi connectivity index (χ1n) is 5.54. The molecule has 0 fully saturated rings. The summed E-state index contributed by atoms with van der Waals surface area (Å²) < 4.78 is 2.45. The predicted octanol–water partition coefficient (Wildman–Crippen LogP) is 2.58. The van der Waals surface area contributed by atoms with Crippen LogP contribution in [0.25, 0.3) is 5.69 Å². The summed E-state index contributed by atoms with van der Waals surface area (Å²) in [6.45, 7) is 4.75. The summed E-state index contributed by atoms with van der Waals surface area (Å²) >= 11 is 9.51. The molecule has 5 nitrogen and oxygen atoms in total. The highest BCUT2D eigenvalue weighted by atomic mass is 79.9. The van der Waals surface area contributed by atoms with Gasteiger partial charge in [-0.15, -0.1) is 5.10 Å². The van der Waals surface area contributed by atoms with Crippen molar-refractivity contribution in [1.29, 1.82) is 0 Å². The number of nitrogens with zero attached hydrogens (tertiary/aromatic N) is 4. The molecule has 0 aliphatic heterocycles. The molecule has 0 aliphatic carbocycles. The van der Waals surface area contributed by atoms with Gasteiger partial charge in [0.05, 0.1) is 21.7 Å². The van der Waals surface area contributed by atoms with Gasteiger partial charge in [0.2, 0.25) is 0 Å². The second kappa shape index (κ2) is 5.77. The van der Waals surface area contributed by atoms with E-state index in [1.54, 1.807) is 4.68 Å². The van der Waals surface area contributed by atoms with Crippen molar-refractivity contribution in [2.24, 2.45) is 0 Å². The fraction of sp³-hybridized carbons (Fsp3) is 0.364. The number of benzene rings is 1. The topological polar surface area (TPSA) is 55.6 Å². The largest absolute Gasteiger partial charge is 0.308 e. The van der Waals surface area contributed by atoms with Gasteiger partial charge in [0.1, 0.15) is 0 Å². The summed E-state index contributed by atoms with van der Waals surface area (Å²) in [5.41, 5.74) is 0.827. The second-order valence-electron chi connectivity index (χ2n) is 4.12. The predicted molar refractivity (Wildman–Crippen MR) is 73.8 cm³/mol. The highest BCUT2D eigenvalue weighted by Gasteiger charge is 2.12. The standard InChI is InChI=1S/C11H13BrClN5/c1-7(2)14-6-10-15-16-17-18(10)9-5-3-4-8(13)11(9)12/h3-5,7,14H,6H2,1-2H3. The molecule has 18 heavy (non-hydrogen) atoms. The lowest BCUT2D eigenvalue weighted by Gasteiger charge is -2.10. The van der Waals surface area contributed by atoms with E-state index >= 15 is 0 Å². The minimum Gasteiger partial charge on any atom is -0.308 e. The molecule has 1 heterocycles. The van der Waals surface area contributed by atoms with E-state index in [2.05, 4.69) is 50.6 Å². The van der Waals surface area contributed by atoms with Crippen LogP contribution in [0.5, 0.6) is 0 Å². The molecule has 0 aliphatic rings. The molecule has 2 rings (SSSR count). The molecular weight excluding hydrogens is 318 g/mol. The normalized spacial score (nSPS) is 11.2. The van der Waals surface area contributed by atoms with Crippen LogP contribution in [0.4, 0.5) is 0 Å². The lowest BCUT2D eigenvalue weighted by Crippen LogP contribution is -2.24. The summed E-state index contributed by atoms with van der Waals surface area (Å²) in [6, 6.07) is 5.96. The van der Waals surface area contributed by atoms with E-state index in [0.717, 1.165) is 16.0 Å². The van der Waals surface area contributed by atoms with Crippen LogP contribution in [0.15, 0.2) is 22.7 Å². The van der Waals surface area contributed by atoms with Crippen molar-refractivity contribution in [3.05, 3.63) is 33.5 Å². The quantitative estimate of drug-likeness (QED) is 0.936. The molecule has 0 radical (unpaired) electrons. The molecule has 1 N–H and O–H groups in total. The summed E-state index contributed by atoms with van der Waals surface area (Å²) in [5.74, 6) is 0.742. The molecule has 1 aromatic heterocycles. The summed E-state index contributed by atoms with van der Waals surface area (Å²) in [4.78, 5) is 0. The van der Waals surface area contributed by atoms with Gasteiger partial charge >= 0.3 is 0 Å². The van der Waals surface area contributed by atoms with Gasteiger partial charge in [-0.1, -0.05) is 31.5 Å². The summed E-state index contributed by atoms with van der Waals surface area (Å²) in [6.07, 6.45) is 0. The Kier molecular flexibility index (Phi) is 4.31. The number of tetrazole rings is 1. The molecule has 0 unspecified atom stereocenters. The van der Waals surface area contributed by atoms with Crippen LogP contribution >= 0.6 is 27.5 Å². The van der Waals surface area contributed by atoms with Gasteiger partial charge in [0, 0.05) is 6.04 Å². The van der Waals surface area contributed by atoms with Crippen molar-refractivity contribution in [1.82, 2.24) is 25.5 Å². The van der Waals surface area contributed by atoms with E-state index in [1.807, 2.05) is 18.2 Å². The highest BCUT2D eigenvalue weighted by Crippen LogP contribution is 2.28. The van der Waals surface area contributed by atoms with Crippen molar-refractivity contribution < 1.29 is 0 Å². The minimum atomic E-state index is 0.373. The Morgan fingerprint density at radius 3 is 2.94 bits per heavy atom. The summed E-state index contributed by atoms with van der Waals surface area (Å²) in [5, 5.41) is 15.6. The smallest absolute Gasteiger partial charge is 0.170 e. The monoisotopic (exact) mass is 329 g/mol. The van der Waals surface area contributed by atoms with Crippen LogP contribution in [0.3, 0.4) is 0 Å². The molecule has 96 valence electrons. The first-order chi connectivity index (χ1) is 8.59. The highest BCUT2D eigenvalue weighted by molar-refractivity contribution is 9.10. The molecule has 2 aromatic rings. The van der Waals surface area contributed by atoms with E-state index in [-0.39, 0.29) is 0 Å². The van der Waals surface area contributed by atoms with Gasteiger partial charge in [-0.05, 0) is 38.5 Å². The van der Waals surface area contributed by atoms with E-state index in [9.17, 15) is 0 Å². The van der Waals surface area contributed by atoms with Gasteiger partial charge in [-0.2, -0.15) is 4.68 Å². The number of hydrogen-bond donors (Lipinski definition) is 1. The molecule has 0 atom stereocenters. The van der Waals surface area contributed by atoms with Crippen LogP contribution in [-0.2, 0) is 6.54 Å². The zero-order valence-corrected chi connectivity index (χ0v) is 12.4. The lowest BCUT2D eigenvalue weighted by molar-refractivity contribution is 0.563. The Morgan fingerprint density at radius 2 is 2.22 bits per heavy atom. The SMILES string of the molecule is CC(C)NCc1nnnn1-c1cccc(Cl)c1Br. The van der Waals surface area contributed by atoms with Crippen molar-refractivity contribution in [2.75, 3.05) is 0 Å². The average molecular weight is 331 g/mol. The Labute approximate surface area is 119 Å². The maximum atomic E-state index is 6.07. The van der Waals surface area contributed by atoms with E-state index < -0.39 is 0 Å². The van der Waals surface area contributed by atoms with Gasteiger partial charge in [-0.3, -0.25) is 0 Å². The molecule has 0 amide bonds. The molecular formula is C11H13BrClN5. The van der Waals surface area contributed by atoms with E-state index in [1.165, 1.54) is 0 Å². The zero-order valence-electron chi connectivity index (χ0n) is 10.1. The number of aromatic nitrogens is 4. The Balaban J connectivity index is 2.33. The number of hydrogen-bond acceptors (Lipinski definition) is 4. The van der Waals surface area contributed by atoms with Crippen LogP contribution in [0.1, 0.15) is 19.7 Å². The van der Waals surface area contributed by atoms with Gasteiger partial charge in [0.25, 0.3) is 0 Å². The van der Waals surface area contributed by atoms with E-state index in [0.29, 0.717) is 17.6 Å². The average Bonchev–Trinajstić information content (AvgIpc) is 2.78. The molecule has 0 saturated carbocycles. The Hall–Kier alpha value is -0.980. The first-order valence-corrected chi connectivity index (χ1v) is 6.71. The van der Waals surface area contributed by atoms with Gasteiger partial charge in [-0.25, -0.2) is 0 Å². The molecule has 0 spiro atoms. The second-order valence-corrected chi connectivity index (χ2v) is 5.32. The fourth-order valence-electron chi connectivity index (χ4n) is 1.45. The molecule has 7 heteroatoms. The van der Waals surface area contributed by atoms with Crippen molar-refractivity contribution in [3.63, 3.8) is 0 Å². The van der Waals surface area contributed by atoms with Crippen LogP contribution in [0.2, 0.25) is 5.02 Å². The maximum absolute atomic E-state index is 6.07. The fourth-order valence-corrected chi connectivity index (χ4v) is 2.06. The Morgan fingerprint density at radius 1 is 1.44 bits per heavy atom. The van der Waals surface area contributed by atoms with Crippen LogP contribution in [0, 0.1) is 0 Å². The number of halogens is 2. The molecule has 0 saturated heterocycles. The third-order valence-corrected chi connectivity index (χ3v) is 3.74. The number of nitrogens with one attached hydrogen (secondary N) is 1. The van der Waals surface area contributed by atoms with Gasteiger partial charge in [0.15, 0.2) is 5.82 Å². The number of rotatable bonds is 4. The van der Waals surface area contributed by atoms with Gasteiger partial charge < -0.3 is 5.32 Å². The van der Waals surface area contributed by atoms with Crippen molar-refractivity contribution in [3.8, 4) is 5.69 Å². The maximum Gasteiger partial charge on any atom is 0.170 e. The van der Waals surface area contributed by atoms with Crippen molar-refractivity contribution in [2.45, 2.75) is 26.4 Å². The Bertz CT molecular complexity index is 540. The van der Waals surface area contributed by atoms with Crippen LogP contribution < -0.4 is 5.32 Å². The van der Waals surface area contributed by atoms with E-state index in [4.69, 9.17) is 11.6 Å². The third-order valence-electron chi connectivity index (χ3n) is 2.36. The van der Waals surface area contributed by atoms with Crippen molar-refractivity contribution >= 4 is 27.5 Å². The third kappa shape index (κ3) is 2.88. The lowest BCUT2D eigenvalue weighted by atomic mass is 10.3.